The van der Waals surface area contributed by atoms with E-state index in [1.807, 2.05) is 58.9 Å². The zero-order chi connectivity index (χ0) is 18.6. The van der Waals surface area contributed by atoms with Crippen molar-refractivity contribution >= 4 is 18.7 Å². The van der Waals surface area contributed by atoms with E-state index in [9.17, 15) is 9.90 Å². The fourth-order valence-corrected chi connectivity index (χ4v) is 3.05. The van der Waals surface area contributed by atoms with Gasteiger partial charge in [-0.3, -0.25) is 0 Å². The van der Waals surface area contributed by atoms with Gasteiger partial charge >= 0.3 is 13.2 Å². The molecule has 7 heteroatoms. The fourth-order valence-electron chi connectivity index (χ4n) is 3.05. The fraction of sp³-hybridized carbons (Fsp3) is 0.444. The molecule has 2 aromatic rings. The number of benzene rings is 1. The predicted molar refractivity (Wildman–Crippen MR) is 96.3 cm³/mol. The van der Waals surface area contributed by atoms with Crippen LogP contribution in [-0.2, 0) is 9.31 Å². The zero-order valence-electron chi connectivity index (χ0n) is 15.5. The molecule has 1 fully saturated rings. The van der Waals surface area contributed by atoms with Gasteiger partial charge in [0.15, 0.2) is 0 Å². The smallest absolute Gasteiger partial charge is 0.464 e. The van der Waals surface area contributed by atoms with Crippen molar-refractivity contribution < 1.29 is 19.2 Å². The SMILES string of the molecule is Cc1nc(C)n(C(=O)O)c1-c1cccc(B2OC(C)(C)C(C)(C)O2)c1. The molecule has 25 heavy (non-hydrogen) atoms. The van der Waals surface area contributed by atoms with Crippen LogP contribution in [0.3, 0.4) is 0 Å². The second-order valence-electron chi connectivity index (χ2n) is 7.42. The van der Waals surface area contributed by atoms with Crippen LogP contribution < -0.4 is 5.46 Å². The summed E-state index contributed by atoms with van der Waals surface area (Å²) in [4.78, 5) is 15.9. The molecule has 1 aliphatic heterocycles. The van der Waals surface area contributed by atoms with Gasteiger partial charge in [-0.25, -0.2) is 14.3 Å². The molecule has 0 aliphatic carbocycles. The van der Waals surface area contributed by atoms with E-state index in [0.717, 1.165) is 11.0 Å². The van der Waals surface area contributed by atoms with Gasteiger partial charge in [0.1, 0.15) is 5.82 Å². The van der Waals surface area contributed by atoms with E-state index in [1.54, 1.807) is 6.92 Å². The summed E-state index contributed by atoms with van der Waals surface area (Å²) >= 11 is 0. The predicted octanol–water partition coefficient (Wildman–Crippen LogP) is 2.99. The molecule has 0 radical (unpaired) electrons. The molecule has 1 aromatic carbocycles. The molecule has 0 unspecified atom stereocenters. The van der Waals surface area contributed by atoms with Crippen LogP contribution in [0.15, 0.2) is 24.3 Å². The molecule has 0 saturated carbocycles. The number of carboxylic acid groups (broad SMARTS) is 1. The molecule has 0 bridgehead atoms. The zero-order valence-corrected chi connectivity index (χ0v) is 15.5. The van der Waals surface area contributed by atoms with Crippen LogP contribution in [0.1, 0.15) is 39.2 Å². The second-order valence-corrected chi connectivity index (χ2v) is 7.42. The normalized spacial score (nSPS) is 18.6. The topological polar surface area (TPSA) is 73.6 Å². The first-order chi connectivity index (χ1) is 11.5. The molecule has 1 saturated heterocycles. The van der Waals surface area contributed by atoms with Crippen molar-refractivity contribution in [1.29, 1.82) is 0 Å². The average Bonchev–Trinajstić information content (AvgIpc) is 2.91. The molecule has 1 aliphatic rings. The van der Waals surface area contributed by atoms with E-state index in [4.69, 9.17) is 9.31 Å². The van der Waals surface area contributed by atoms with Gasteiger partial charge in [0.05, 0.1) is 22.6 Å². The number of rotatable bonds is 2. The maximum atomic E-state index is 11.6. The van der Waals surface area contributed by atoms with Gasteiger partial charge in [-0.2, -0.15) is 0 Å². The Morgan fingerprint density at radius 1 is 1.16 bits per heavy atom. The lowest BCUT2D eigenvalue weighted by molar-refractivity contribution is 0.00578. The maximum absolute atomic E-state index is 11.6. The van der Waals surface area contributed by atoms with Crippen molar-refractivity contribution in [2.24, 2.45) is 0 Å². The molecule has 132 valence electrons. The summed E-state index contributed by atoms with van der Waals surface area (Å²) in [7, 11) is -0.493. The van der Waals surface area contributed by atoms with E-state index >= 15 is 0 Å². The highest BCUT2D eigenvalue weighted by molar-refractivity contribution is 6.62. The summed E-state index contributed by atoms with van der Waals surface area (Å²) in [6.45, 7) is 11.5. The lowest BCUT2D eigenvalue weighted by atomic mass is 9.78. The molecule has 6 nitrogen and oxygen atoms in total. The average molecular weight is 342 g/mol. The molecule has 3 rings (SSSR count). The van der Waals surface area contributed by atoms with Crippen molar-refractivity contribution in [3.05, 3.63) is 35.8 Å². The van der Waals surface area contributed by atoms with Gasteiger partial charge in [-0.1, -0.05) is 24.3 Å². The molecule has 0 amide bonds. The van der Waals surface area contributed by atoms with Crippen LogP contribution >= 0.6 is 0 Å². The van der Waals surface area contributed by atoms with Crippen LogP contribution in [0.2, 0.25) is 0 Å². The molecule has 1 aromatic heterocycles. The molecular weight excluding hydrogens is 319 g/mol. The van der Waals surface area contributed by atoms with Crippen molar-refractivity contribution in [2.45, 2.75) is 52.7 Å². The quantitative estimate of drug-likeness (QED) is 0.850. The second kappa shape index (κ2) is 5.71. The Bertz CT molecular complexity index is 826. The molecule has 1 N–H and O–H groups in total. The lowest BCUT2D eigenvalue weighted by Crippen LogP contribution is -2.41. The first-order valence-electron chi connectivity index (χ1n) is 8.29. The van der Waals surface area contributed by atoms with Crippen LogP contribution in [-0.4, -0.2) is 39.1 Å². The monoisotopic (exact) mass is 342 g/mol. The number of nitrogens with zero attached hydrogens (tertiary/aromatic N) is 2. The van der Waals surface area contributed by atoms with Crippen molar-refractivity contribution in [2.75, 3.05) is 0 Å². The maximum Gasteiger partial charge on any atom is 0.494 e. The first kappa shape index (κ1) is 17.7. The van der Waals surface area contributed by atoms with Gasteiger partial charge in [0.2, 0.25) is 0 Å². The number of hydrogen-bond acceptors (Lipinski definition) is 4. The number of aromatic nitrogens is 2. The molecule has 0 atom stereocenters. The summed E-state index contributed by atoms with van der Waals surface area (Å²) in [6.07, 6.45) is -1.05. The Morgan fingerprint density at radius 3 is 2.32 bits per heavy atom. The third-order valence-corrected chi connectivity index (χ3v) is 5.10. The molecule has 2 heterocycles. The standard InChI is InChI=1S/C18H23BN2O4/c1-11-15(21(16(22)23)12(2)20-11)13-8-7-9-14(10-13)19-24-17(3,4)18(5,6)25-19/h7-10H,1-6H3,(H,22,23). The summed E-state index contributed by atoms with van der Waals surface area (Å²) in [6, 6.07) is 7.58. The van der Waals surface area contributed by atoms with E-state index in [2.05, 4.69) is 4.98 Å². The number of imidazole rings is 1. The Hall–Kier alpha value is -2.12. The summed E-state index contributed by atoms with van der Waals surface area (Å²) < 4.78 is 13.4. The van der Waals surface area contributed by atoms with E-state index in [0.29, 0.717) is 17.2 Å². The van der Waals surface area contributed by atoms with Crippen molar-refractivity contribution in [3.63, 3.8) is 0 Å². The van der Waals surface area contributed by atoms with Gasteiger partial charge in [0.25, 0.3) is 0 Å². The van der Waals surface area contributed by atoms with Gasteiger partial charge < -0.3 is 14.4 Å². The summed E-state index contributed by atoms with van der Waals surface area (Å²) in [5.74, 6) is 0.445. The molecule has 0 spiro atoms. The van der Waals surface area contributed by atoms with E-state index < -0.39 is 24.4 Å². The Morgan fingerprint density at radius 2 is 1.76 bits per heavy atom. The van der Waals surface area contributed by atoms with E-state index in [1.165, 1.54) is 4.57 Å². The van der Waals surface area contributed by atoms with Crippen LogP contribution in [0.4, 0.5) is 4.79 Å². The van der Waals surface area contributed by atoms with E-state index in [-0.39, 0.29) is 0 Å². The van der Waals surface area contributed by atoms with Crippen LogP contribution in [0, 0.1) is 13.8 Å². The van der Waals surface area contributed by atoms with Gasteiger partial charge in [-0.15, -0.1) is 0 Å². The minimum atomic E-state index is -1.05. The van der Waals surface area contributed by atoms with Crippen molar-refractivity contribution in [3.8, 4) is 11.3 Å². The van der Waals surface area contributed by atoms with Crippen LogP contribution in [0.25, 0.3) is 11.3 Å². The third kappa shape index (κ3) is 2.87. The number of hydrogen-bond donors (Lipinski definition) is 1. The first-order valence-corrected chi connectivity index (χ1v) is 8.29. The number of carbonyl (C=O) groups is 1. The Balaban J connectivity index is 2.04. The summed E-state index contributed by atoms with van der Waals surface area (Å²) in [5, 5.41) is 9.51. The highest BCUT2D eigenvalue weighted by Gasteiger charge is 2.51. The highest BCUT2D eigenvalue weighted by Crippen LogP contribution is 2.36. The van der Waals surface area contributed by atoms with Gasteiger partial charge in [0, 0.05) is 5.56 Å². The largest absolute Gasteiger partial charge is 0.494 e. The summed E-state index contributed by atoms with van der Waals surface area (Å²) in [5.41, 5.74) is 2.01. The van der Waals surface area contributed by atoms with Crippen molar-refractivity contribution in [1.82, 2.24) is 9.55 Å². The third-order valence-electron chi connectivity index (χ3n) is 5.10. The Labute approximate surface area is 147 Å². The van der Waals surface area contributed by atoms with Gasteiger partial charge in [-0.05, 0) is 47.0 Å². The number of aryl methyl sites for hydroxylation is 2. The lowest BCUT2D eigenvalue weighted by Gasteiger charge is -2.32. The highest BCUT2D eigenvalue weighted by atomic mass is 16.7. The minimum Gasteiger partial charge on any atom is -0.464 e. The minimum absolute atomic E-state index is 0.428. The Kier molecular flexibility index (Phi) is 4.04. The van der Waals surface area contributed by atoms with Crippen LogP contribution in [0.5, 0.6) is 0 Å². The molecular formula is C18H23BN2O4.